The largest absolute Gasteiger partial charge is 0.451 e. The summed E-state index contributed by atoms with van der Waals surface area (Å²) in [6, 6.07) is 14.5. The van der Waals surface area contributed by atoms with Gasteiger partial charge in [0.05, 0.1) is 19.1 Å². The monoisotopic (exact) mass is 493 g/mol. The number of fused-ring (bicyclic) bond motifs is 1. The Morgan fingerprint density at radius 1 is 1.17 bits per heavy atom. The molecule has 1 unspecified atom stereocenters. The zero-order valence-corrected chi connectivity index (χ0v) is 19.4. The third kappa shape index (κ3) is 4.87. The van der Waals surface area contributed by atoms with Gasteiger partial charge in [0.25, 0.3) is 6.35 Å². The maximum atomic E-state index is 13.0. The van der Waals surface area contributed by atoms with Gasteiger partial charge >= 0.3 is 5.56 Å². The molecule has 1 aliphatic rings. The van der Waals surface area contributed by atoms with Crippen LogP contribution >= 0.6 is 11.6 Å². The lowest BCUT2D eigenvalue weighted by Gasteiger charge is -2.18. The molecule has 0 amide bonds. The predicted molar refractivity (Wildman–Crippen MR) is 133 cm³/mol. The minimum Gasteiger partial charge on any atom is -0.451 e. The van der Waals surface area contributed by atoms with Crippen LogP contribution < -0.4 is 20.9 Å². The maximum Gasteiger partial charge on any atom is 0.300 e. The van der Waals surface area contributed by atoms with E-state index in [1.165, 1.54) is 6.20 Å². The van der Waals surface area contributed by atoms with Crippen molar-refractivity contribution < 1.29 is 9.13 Å². The summed E-state index contributed by atoms with van der Waals surface area (Å²) >= 11 is 6.04. The number of hydrogen-bond donors (Lipinski definition) is 2. The molecule has 2 N–H and O–H groups in total. The number of aryl methyl sites for hydroxylation is 1. The van der Waals surface area contributed by atoms with E-state index in [0.29, 0.717) is 46.7 Å². The van der Waals surface area contributed by atoms with Crippen LogP contribution in [-0.4, -0.2) is 31.7 Å². The number of imidazole rings is 1. The molecule has 0 saturated carbocycles. The van der Waals surface area contributed by atoms with Crippen molar-refractivity contribution in [1.29, 1.82) is 0 Å². The Labute approximate surface area is 204 Å². The van der Waals surface area contributed by atoms with E-state index in [0.717, 1.165) is 11.8 Å². The minimum absolute atomic E-state index is 0.353. The molecule has 9 nitrogen and oxygen atoms in total. The van der Waals surface area contributed by atoms with Crippen molar-refractivity contribution in [2.75, 3.05) is 5.32 Å². The van der Waals surface area contributed by atoms with Crippen LogP contribution in [0, 0.1) is 0 Å². The quantitative estimate of drug-likeness (QED) is 0.400. The van der Waals surface area contributed by atoms with Crippen molar-refractivity contribution in [2.24, 2.45) is 4.99 Å². The second-order valence-electron chi connectivity index (χ2n) is 7.75. The molecule has 178 valence electrons. The molecule has 0 saturated heterocycles. The number of benzene rings is 2. The molecule has 3 heterocycles. The van der Waals surface area contributed by atoms with Gasteiger partial charge in [-0.15, -0.1) is 0 Å². The molecule has 0 spiro atoms. The number of hydrogen-bond acceptors (Lipinski definition) is 7. The molecule has 2 aromatic carbocycles. The first kappa shape index (κ1) is 22.6. The first-order valence-corrected chi connectivity index (χ1v) is 11.3. The van der Waals surface area contributed by atoms with E-state index in [4.69, 9.17) is 16.3 Å². The summed E-state index contributed by atoms with van der Waals surface area (Å²) in [5.74, 6) is 0.415. The zero-order valence-electron chi connectivity index (χ0n) is 18.7. The van der Waals surface area contributed by atoms with Gasteiger partial charge in [-0.2, -0.15) is 4.98 Å². The number of nitrogens with zero attached hydrogens (tertiary/aromatic N) is 5. The number of aliphatic imine (C=N–C) groups is 1. The second-order valence-corrected chi connectivity index (χ2v) is 8.19. The van der Waals surface area contributed by atoms with Crippen molar-refractivity contribution in [3.05, 3.63) is 87.8 Å². The van der Waals surface area contributed by atoms with Crippen molar-refractivity contribution in [3.8, 4) is 5.75 Å². The molecule has 2 aromatic heterocycles. The van der Waals surface area contributed by atoms with E-state index in [9.17, 15) is 9.18 Å². The van der Waals surface area contributed by atoms with E-state index in [1.807, 2.05) is 35.8 Å². The minimum atomic E-state index is -0.712. The van der Waals surface area contributed by atoms with Crippen molar-refractivity contribution in [3.63, 3.8) is 0 Å². The molecule has 0 radical (unpaired) electrons. The normalized spacial score (nSPS) is 15.1. The summed E-state index contributed by atoms with van der Waals surface area (Å²) in [5, 5.41) is 6.56. The van der Waals surface area contributed by atoms with Gasteiger partial charge in [0.2, 0.25) is 5.95 Å². The number of rotatable bonds is 7. The van der Waals surface area contributed by atoms with Crippen molar-refractivity contribution in [1.82, 2.24) is 24.4 Å². The Hall–Kier alpha value is -4.18. The van der Waals surface area contributed by atoms with E-state index in [-0.39, 0.29) is 5.56 Å². The number of allylic oxidation sites excluding steroid dienone is 1. The average Bonchev–Trinajstić information content (AvgIpc) is 3.30. The molecule has 11 heteroatoms. The van der Waals surface area contributed by atoms with Gasteiger partial charge in [-0.3, -0.25) is 9.36 Å². The fraction of sp³-hybridized carbons (Fsp3) is 0.167. The fourth-order valence-corrected chi connectivity index (χ4v) is 3.79. The molecule has 0 fully saturated rings. The van der Waals surface area contributed by atoms with Crippen molar-refractivity contribution in [2.45, 2.75) is 26.4 Å². The Balaban J connectivity index is 1.44. The van der Waals surface area contributed by atoms with Crippen LogP contribution in [-0.2, 0) is 13.1 Å². The Bertz CT molecular complexity index is 1480. The van der Waals surface area contributed by atoms with Gasteiger partial charge in [0.15, 0.2) is 17.0 Å². The summed E-state index contributed by atoms with van der Waals surface area (Å²) in [7, 11) is 0. The summed E-state index contributed by atoms with van der Waals surface area (Å²) < 4.78 is 22.3. The predicted octanol–water partition coefficient (Wildman–Crippen LogP) is 4.21. The van der Waals surface area contributed by atoms with Gasteiger partial charge in [-0.1, -0.05) is 23.7 Å². The smallest absolute Gasteiger partial charge is 0.300 e. The zero-order chi connectivity index (χ0) is 24.4. The molecule has 0 bridgehead atoms. The number of anilines is 2. The number of aromatic nitrogens is 4. The maximum absolute atomic E-state index is 13.0. The molecule has 1 atom stereocenters. The highest BCUT2D eigenvalue weighted by Gasteiger charge is 2.17. The standard InChI is InChI=1S/C24H21ClFN7O2/c1-2-32-14-29-21-20(32)22(34)31-23(33(21)13-15-3-5-16(25)6-4-15)30-18-7-9-19(10-8-18)35-24-27-11-17(26)12-28-24/h3-12,14,24,27H,2,13H2,1H3,(H,30,31,34). The molecular weight excluding hydrogens is 473 g/mol. The van der Waals surface area contributed by atoms with Crippen LogP contribution in [0.3, 0.4) is 0 Å². The first-order valence-electron chi connectivity index (χ1n) is 10.9. The second kappa shape index (κ2) is 9.59. The fourth-order valence-electron chi connectivity index (χ4n) is 3.66. The van der Waals surface area contributed by atoms with Gasteiger partial charge in [0.1, 0.15) is 5.75 Å². The number of nitrogens with one attached hydrogen (secondary N) is 2. The van der Waals surface area contributed by atoms with Crippen LogP contribution in [0.2, 0.25) is 5.02 Å². The summed E-state index contributed by atoms with van der Waals surface area (Å²) in [6.07, 6.45) is 3.22. The molecular formula is C24H21ClFN7O2. The molecule has 5 rings (SSSR count). The Morgan fingerprint density at radius 3 is 2.63 bits per heavy atom. The molecule has 1 aliphatic heterocycles. The van der Waals surface area contributed by atoms with Crippen LogP contribution in [0.1, 0.15) is 12.5 Å². The molecule has 35 heavy (non-hydrogen) atoms. The van der Waals surface area contributed by atoms with Crippen molar-refractivity contribution >= 4 is 40.6 Å². The SMILES string of the molecule is CCn1cnc2c1c(=O)nc(Nc1ccc(OC3N=CC(F)=CN3)cc1)n2Cc1ccc(Cl)cc1. The van der Waals surface area contributed by atoms with Crippen LogP contribution in [0.15, 0.2) is 76.7 Å². The third-order valence-electron chi connectivity index (χ3n) is 5.39. The van der Waals surface area contributed by atoms with E-state index >= 15 is 0 Å². The number of halogens is 2. The van der Waals surface area contributed by atoms with Gasteiger partial charge in [0, 0.05) is 23.5 Å². The average molecular weight is 494 g/mol. The third-order valence-corrected chi connectivity index (χ3v) is 5.64. The summed E-state index contributed by atoms with van der Waals surface area (Å²) in [4.78, 5) is 25.6. The number of ether oxygens (including phenoxy) is 1. The van der Waals surface area contributed by atoms with Crippen LogP contribution in [0.5, 0.6) is 5.75 Å². The van der Waals surface area contributed by atoms with Gasteiger partial charge < -0.3 is 19.9 Å². The van der Waals surface area contributed by atoms with Gasteiger partial charge in [-0.05, 0) is 48.9 Å². The van der Waals surface area contributed by atoms with E-state index in [1.54, 1.807) is 35.2 Å². The van der Waals surface area contributed by atoms with Crippen LogP contribution in [0.4, 0.5) is 16.0 Å². The summed E-state index contributed by atoms with van der Waals surface area (Å²) in [5.41, 5.74) is 2.28. The highest BCUT2D eigenvalue weighted by atomic mass is 35.5. The van der Waals surface area contributed by atoms with Gasteiger partial charge in [-0.25, -0.2) is 14.4 Å². The Morgan fingerprint density at radius 2 is 1.94 bits per heavy atom. The molecule has 0 aliphatic carbocycles. The first-order chi connectivity index (χ1) is 17.0. The topological polar surface area (TPSA) is 98.4 Å². The highest BCUT2D eigenvalue weighted by molar-refractivity contribution is 6.30. The lowest BCUT2D eigenvalue weighted by molar-refractivity contribution is 0.188. The van der Waals surface area contributed by atoms with Crippen LogP contribution in [0.25, 0.3) is 11.2 Å². The highest BCUT2D eigenvalue weighted by Crippen LogP contribution is 2.23. The Kier molecular flexibility index (Phi) is 6.19. The lowest BCUT2D eigenvalue weighted by Crippen LogP contribution is -2.31. The lowest BCUT2D eigenvalue weighted by atomic mass is 10.2. The molecule has 4 aromatic rings. The summed E-state index contributed by atoms with van der Waals surface area (Å²) in [6.45, 7) is 2.98. The van der Waals surface area contributed by atoms with E-state index in [2.05, 4.69) is 25.6 Å². The van der Waals surface area contributed by atoms with E-state index < -0.39 is 12.2 Å².